The van der Waals surface area contributed by atoms with Gasteiger partial charge in [0.25, 0.3) is 0 Å². The highest BCUT2D eigenvalue weighted by Crippen LogP contribution is 2.89. The van der Waals surface area contributed by atoms with Crippen LogP contribution in [0.2, 0.25) is 0 Å². The molecule has 0 heterocycles. The van der Waals surface area contributed by atoms with Gasteiger partial charge >= 0.3 is 0 Å². The van der Waals surface area contributed by atoms with Crippen LogP contribution in [0.4, 0.5) is 0 Å². The lowest BCUT2D eigenvalue weighted by Gasteiger charge is -2.33. The highest BCUT2D eigenvalue weighted by atomic mass is 16.1. The molecule has 13 heavy (non-hydrogen) atoms. The molecule has 5 atom stereocenters. The summed E-state index contributed by atoms with van der Waals surface area (Å²) in [5, 5.41) is 0. The number of hydrogen-bond donors (Lipinski definition) is 0. The predicted molar refractivity (Wildman–Crippen MR) is 51.2 cm³/mol. The van der Waals surface area contributed by atoms with Crippen LogP contribution in [0.25, 0.3) is 0 Å². The second-order valence-corrected chi connectivity index (χ2v) is 5.80. The van der Waals surface area contributed by atoms with Crippen molar-refractivity contribution in [3.63, 3.8) is 0 Å². The molecular formula is C12H18O. The Bertz CT molecular complexity index is 268. The second-order valence-electron chi connectivity index (χ2n) is 5.80. The lowest BCUT2D eigenvalue weighted by molar-refractivity contribution is -0.108. The molecule has 1 nitrogen and oxygen atoms in total. The van der Waals surface area contributed by atoms with Crippen LogP contribution >= 0.6 is 0 Å². The van der Waals surface area contributed by atoms with Crippen LogP contribution in [-0.2, 0) is 4.79 Å². The average Bonchev–Trinajstić information content (AvgIpc) is 2.98. The van der Waals surface area contributed by atoms with Crippen molar-refractivity contribution in [2.45, 2.75) is 39.5 Å². The number of aldehydes is 1. The van der Waals surface area contributed by atoms with Crippen LogP contribution in [0.1, 0.15) is 39.5 Å². The minimum atomic E-state index is 0.518. The number of carbonyl (C=O) groups is 1. The summed E-state index contributed by atoms with van der Waals surface area (Å²) in [6.07, 6.45) is 6.00. The Morgan fingerprint density at radius 1 is 1.46 bits per heavy atom. The molecular weight excluding hydrogens is 160 g/mol. The van der Waals surface area contributed by atoms with Crippen LogP contribution in [0.5, 0.6) is 0 Å². The largest absolute Gasteiger partial charge is 0.303 e. The average molecular weight is 178 g/mol. The van der Waals surface area contributed by atoms with Gasteiger partial charge in [-0.2, -0.15) is 0 Å². The minimum absolute atomic E-state index is 0.518. The van der Waals surface area contributed by atoms with Gasteiger partial charge in [0.05, 0.1) is 0 Å². The summed E-state index contributed by atoms with van der Waals surface area (Å²) in [4.78, 5) is 10.4. The van der Waals surface area contributed by atoms with Gasteiger partial charge in [-0.15, -0.1) is 0 Å². The molecule has 72 valence electrons. The third-order valence-electron chi connectivity index (χ3n) is 5.54. The molecule has 0 aliphatic heterocycles. The van der Waals surface area contributed by atoms with Gasteiger partial charge in [-0.1, -0.05) is 13.8 Å². The normalized spacial score (nSPS) is 61.2. The number of hydrogen-bond acceptors (Lipinski definition) is 1. The molecule has 0 aromatic carbocycles. The molecule has 0 bridgehead atoms. The van der Waals surface area contributed by atoms with Gasteiger partial charge < -0.3 is 4.79 Å². The van der Waals surface area contributed by atoms with Crippen molar-refractivity contribution in [2.24, 2.45) is 28.6 Å². The molecule has 1 spiro atoms. The fraction of sp³-hybridized carbons (Fsp3) is 0.917. The standard InChI is InChI=1S/C12H18O/c1-8-9-6-12(9)7-10(12)11(8,2)4-3-5-13/h5,8-10H,3-4,6-7H2,1-2H3/t8-,9?,10?,11+,12?/m1/s1. The van der Waals surface area contributed by atoms with E-state index >= 15 is 0 Å². The van der Waals surface area contributed by atoms with Gasteiger partial charge in [-0.25, -0.2) is 0 Å². The van der Waals surface area contributed by atoms with Crippen LogP contribution < -0.4 is 0 Å². The van der Waals surface area contributed by atoms with E-state index in [9.17, 15) is 4.79 Å². The van der Waals surface area contributed by atoms with E-state index in [2.05, 4.69) is 13.8 Å². The fourth-order valence-corrected chi connectivity index (χ4v) is 4.42. The monoisotopic (exact) mass is 178 g/mol. The molecule has 0 radical (unpaired) electrons. The Morgan fingerprint density at radius 2 is 2.23 bits per heavy atom. The quantitative estimate of drug-likeness (QED) is 0.607. The van der Waals surface area contributed by atoms with Gasteiger partial charge in [0.2, 0.25) is 0 Å². The van der Waals surface area contributed by atoms with E-state index in [1.807, 2.05) is 0 Å². The SMILES string of the molecule is C[C@@H]1C2CC23CC3[C@@]1(C)CCC=O. The first kappa shape index (κ1) is 8.02. The molecule has 0 aromatic rings. The molecule has 3 rings (SSSR count). The van der Waals surface area contributed by atoms with E-state index < -0.39 is 0 Å². The van der Waals surface area contributed by atoms with Crippen molar-refractivity contribution in [3.8, 4) is 0 Å². The molecule has 1 heteroatoms. The first-order chi connectivity index (χ1) is 6.15. The van der Waals surface area contributed by atoms with E-state index in [1.165, 1.54) is 12.8 Å². The Balaban J connectivity index is 1.80. The van der Waals surface area contributed by atoms with Crippen molar-refractivity contribution in [3.05, 3.63) is 0 Å². The summed E-state index contributed by atoms with van der Waals surface area (Å²) in [5.74, 6) is 2.90. The Morgan fingerprint density at radius 3 is 2.77 bits per heavy atom. The topological polar surface area (TPSA) is 17.1 Å². The molecule has 3 unspecified atom stereocenters. The zero-order valence-electron chi connectivity index (χ0n) is 8.55. The van der Waals surface area contributed by atoms with E-state index in [4.69, 9.17) is 0 Å². The summed E-state index contributed by atoms with van der Waals surface area (Å²) in [5.41, 5.74) is 1.33. The first-order valence-corrected chi connectivity index (χ1v) is 5.59. The Kier molecular flexibility index (Phi) is 1.24. The third-order valence-corrected chi connectivity index (χ3v) is 5.54. The second kappa shape index (κ2) is 2.02. The predicted octanol–water partition coefficient (Wildman–Crippen LogP) is 2.65. The van der Waals surface area contributed by atoms with E-state index in [1.54, 1.807) is 0 Å². The van der Waals surface area contributed by atoms with Crippen molar-refractivity contribution >= 4 is 6.29 Å². The van der Waals surface area contributed by atoms with Gasteiger partial charge in [0, 0.05) is 6.42 Å². The molecule has 0 N–H and O–H groups in total. The van der Waals surface area contributed by atoms with Crippen LogP contribution in [0, 0.1) is 28.6 Å². The molecule has 0 saturated heterocycles. The van der Waals surface area contributed by atoms with Gasteiger partial charge in [0.1, 0.15) is 6.29 Å². The minimum Gasteiger partial charge on any atom is -0.303 e. The lowest BCUT2D eigenvalue weighted by atomic mass is 9.71. The first-order valence-electron chi connectivity index (χ1n) is 5.59. The molecule has 3 aliphatic carbocycles. The smallest absolute Gasteiger partial charge is 0.120 e. The fourth-order valence-electron chi connectivity index (χ4n) is 4.42. The highest BCUT2D eigenvalue weighted by molar-refractivity contribution is 5.49. The van der Waals surface area contributed by atoms with Crippen molar-refractivity contribution in [1.82, 2.24) is 0 Å². The zero-order valence-corrected chi connectivity index (χ0v) is 8.55. The maximum atomic E-state index is 10.4. The van der Waals surface area contributed by atoms with Crippen LogP contribution in [0.3, 0.4) is 0 Å². The van der Waals surface area contributed by atoms with Gasteiger partial charge in [0.15, 0.2) is 0 Å². The van der Waals surface area contributed by atoms with Crippen LogP contribution in [0.15, 0.2) is 0 Å². The number of carbonyl (C=O) groups excluding carboxylic acids is 1. The number of rotatable bonds is 3. The third kappa shape index (κ3) is 0.730. The Labute approximate surface area is 79.9 Å². The highest BCUT2D eigenvalue weighted by Gasteiger charge is 2.82. The molecule has 0 aromatic heterocycles. The summed E-state index contributed by atoms with van der Waals surface area (Å²) in [6.45, 7) is 4.84. The lowest BCUT2D eigenvalue weighted by Crippen LogP contribution is -2.26. The van der Waals surface area contributed by atoms with Crippen molar-refractivity contribution < 1.29 is 4.79 Å². The summed E-state index contributed by atoms with van der Waals surface area (Å²) in [7, 11) is 0. The van der Waals surface area contributed by atoms with Crippen LogP contribution in [-0.4, -0.2) is 6.29 Å². The molecule has 0 amide bonds. The van der Waals surface area contributed by atoms with Crippen molar-refractivity contribution in [1.29, 1.82) is 0 Å². The maximum absolute atomic E-state index is 10.4. The summed E-state index contributed by atoms with van der Waals surface area (Å²) >= 11 is 0. The van der Waals surface area contributed by atoms with Gasteiger partial charge in [-0.3, -0.25) is 0 Å². The molecule has 3 saturated carbocycles. The van der Waals surface area contributed by atoms with E-state index in [0.29, 0.717) is 5.41 Å². The molecule has 3 aliphatic rings. The maximum Gasteiger partial charge on any atom is 0.120 e. The van der Waals surface area contributed by atoms with Crippen molar-refractivity contribution in [2.75, 3.05) is 0 Å². The molecule has 3 fully saturated rings. The summed E-state index contributed by atoms with van der Waals surface area (Å²) < 4.78 is 0. The zero-order chi connectivity index (χ0) is 9.27. The summed E-state index contributed by atoms with van der Waals surface area (Å²) in [6, 6.07) is 0. The Hall–Kier alpha value is -0.330. The van der Waals surface area contributed by atoms with Gasteiger partial charge in [-0.05, 0) is 47.8 Å². The van der Waals surface area contributed by atoms with E-state index in [-0.39, 0.29) is 0 Å². The van der Waals surface area contributed by atoms with E-state index in [0.717, 1.165) is 42.3 Å².